The van der Waals surface area contributed by atoms with Crippen LogP contribution >= 0.6 is 0 Å². The molecular weight excluding hydrogens is 258 g/mol. The van der Waals surface area contributed by atoms with Crippen LogP contribution in [0.1, 0.15) is 17.5 Å². The molecule has 0 spiro atoms. The summed E-state index contributed by atoms with van der Waals surface area (Å²) in [5, 5.41) is 3.88. The van der Waals surface area contributed by atoms with Crippen LogP contribution in [0.2, 0.25) is 0 Å². The molecule has 0 radical (unpaired) electrons. The number of para-hydroxylation sites is 1. The molecule has 2 heteroatoms. The standard InChI is InChI=1S/C19H15NO/c1-2-12-13-7-5-10-20-16-8-4-3-6-14(16)17(18(13)20)15-9-11-21-19(12)15/h2-4,6,8-9,11H,1,5,7,10H2. The number of hydrogen-bond acceptors (Lipinski definition) is 1. The van der Waals surface area contributed by atoms with Crippen molar-refractivity contribution in [1.29, 1.82) is 0 Å². The molecule has 0 saturated carbocycles. The molecule has 1 aliphatic heterocycles. The van der Waals surface area contributed by atoms with Crippen molar-refractivity contribution in [2.24, 2.45) is 0 Å². The molecule has 21 heavy (non-hydrogen) atoms. The van der Waals surface area contributed by atoms with Crippen molar-refractivity contribution < 1.29 is 4.42 Å². The maximum absolute atomic E-state index is 5.79. The van der Waals surface area contributed by atoms with E-state index in [4.69, 9.17) is 4.42 Å². The van der Waals surface area contributed by atoms with Crippen LogP contribution in [0.15, 0.2) is 47.6 Å². The van der Waals surface area contributed by atoms with E-state index in [9.17, 15) is 0 Å². The fourth-order valence-corrected chi connectivity index (χ4v) is 3.98. The number of aryl methyl sites for hydroxylation is 2. The second-order valence-electron chi connectivity index (χ2n) is 5.76. The fourth-order valence-electron chi connectivity index (χ4n) is 3.98. The van der Waals surface area contributed by atoms with Crippen LogP contribution in [0.4, 0.5) is 0 Å². The third-order valence-corrected chi connectivity index (χ3v) is 4.77. The molecule has 0 aliphatic carbocycles. The molecular formula is C19H15NO. The molecule has 0 unspecified atom stereocenters. The van der Waals surface area contributed by atoms with Gasteiger partial charge in [-0.3, -0.25) is 0 Å². The summed E-state index contributed by atoms with van der Waals surface area (Å²) in [7, 11) is 0. The molecule has 3 heterocycles. The molecule has 4 aromatic rings. The Bertz CT molecular complexity index is 1030. The molecule has 102 valence electrons. The third kappa shape index (κ3) is 1.23. The molecule has 5 rings (SSSR count). The lowest BCUT2D eigenvalue weighted by molar-refractivity contribution is 0.611. The SMILES string of the molecule is C=Cc1c2c3c(c4ccoc14)c1ccccc1n3CCC2. The van der Waals surface area contributed by atoms with Gasteiger partial charge in [0.25, 0.3) is 0 Å². The van der Waals surface area contributed by atoms with Gasteiger partial charge in [0, 0.05) is 33.8 Å². The number of aromatic nitrogens is 1. The van der Waals surface area contributed by atoms with Crippen LogP contribution in [-0.2, 0) is 13.0 Å². The van der Waals surface area contributed by atoms with Gasteiger partial charge in [0.15, 0.2) is 0 Å². The minimum atomic E-state index is 0.984. The Labute approximate surface area is 122 Å². The van der Waals surface area contributed by atoms with Crippen molar-refractivity contribution in [3.63, 3.8) is 0 Å². The van der Waals surface area contributed by atoms with Crippen LogP contribution in [0.3, 0.4) is 0 Å². The first-order valence-electron chi connectivity index (χ1n) is 7.45. The van der Waals surface area contributed by atoms with Crippen LogP contribution in [0.25, 0.3) is 38.9 Å². The lowest BCUT2D eigenvalue weighted by Gasteiger charge is -2.18. The minimum absolute atomic E-state index is 0.984. The summed E-state index contributed by atoms with van der Waals surface area (Å²) < 4.78 is 8.27. The number of fused-ring (bicyclic) bond motifs is 5. The molecule has 2 nitrogen and oxygen atoms in total. The summed E-state index contributed by atoms with van der Waals surface area (Å²) >= 11 is 0. The van der Waals surface area contributed by atoms with Gasteiger partial charge in [0.2, 0.25) is 0 Å². The van der Waals surface area contributed by atoms with Crippen LogP contribution in [0, 0.1) is 0 Å². The summed E-state index contributed by atoms with van der Waals surface area (Å²) in [5.74, 6) is 0. The highest BCUT2D eigenvalue weighted by Gasteiger charge is 2.23. The van der Waals surface area contributed by atoms with E-state index >= 15 is 0 Å². The van der Waals surface area contributed by atoms with Crippen LogP contribution in [0.5, 0.6) is 0 Å². The fraction of sp³-hybridized carbons (Fsp3) is 0.158. The third-order valence-electron chi connectivity index (χ3n) is 4.77. The average molecular weight is 273 g/mol. The summed E-state index contributed by atoms with van der Waals surface area (Å²) in [6.45, 7) is 5.11. The summed E-state index contributed by atoms with van der Waals surface area (Å²) in [5.41, 5.74) is 6.26. The van der Waals surface area contributed by atoms with Crippen molar-refractivity contribution >= 4 is 38.9 Å². The number of furan rings is 1. The molecule has 0 atom stereocenters. The van der Waals surface area contributed by atoms with Gasteiger partial charge >= 0.3 is 0 Å². The van der Waals surface area contributed by atoms with E-state index in [2.05, 4.69) is 41.5 Å². The molecule has 0 fully saturated rings. The zero-order chi connectivity index (χ0) is 14.0. The lowest BCUT2D eigenvalue weighted by atomic mass is 9.94. The number of nitrogens with zero attached hydrogens (tertiary/aromatic N) is 1. The predicted octanol–water partition coefficient (Wildman–Crippen LogP) is 5.13. The van der Waals surface area contributed by atoms with Crippen molar-refractivity contribution in [2.45, 2.75) is 19.4 Å². The van der Waals surface area contributed by atoms with E-state index in [-0.39, 0.29) is 0 Å². The zero-order valence-corrected chi connectivity index (χ0v) is 11.7. The van der Waals surface area contributed by atoms with E-state index in [1.54, 1.807) is 6.26 Å². The summed E-state index contributed by atoms with van der Waals surface area (Å²) in [6.07, 6.45) is 6.03. The normalized spacial score (nSPS) is 14.3. The number of benzene rings is 2. The monoisotopic (exact) mass is 273 g/mol. The van der Waals surface area contributed by atoms with Gasteiger partial charge in [0.1, 0.15) is 5.58 Å². The van der Waals surface area contributed by atoms with Crippen molar-refractivity contribution in [2.75, 3.05) is 0 Å². The molecule has 2 aromatic heterocycles. The highest BCUT2D eigenvalue weighted by Crippen LogP contribution is 2.42. The maximum Gasteiger partial charge on any atom is 0.142 e. The van der Waals surface area contributed by atoms with Crippen molar-refractivity contribution in [3.05, 3.63) is 54.3 Å². The molecule has 0 bridgehead atoms. The number of rotatable bonds is 1. The molecule has 0 N–H and O–H groups in total. The maximum atomic E-state index is 5.79. The van der Waals surface area contributed by atoms with Gasteiger partial charge in [-0.1, -0.05) is 30.9 Å². The summed E-state index contributed by atoms with van der Waals surface area (Å²) in [6, 6.07) is 10.8. The first-order valence-corrected chi connectivity index (χ1v) is 7.45. The van der Waals surface area contributed by atoms with Gasteiger partial charge < -0.3 is 8.98 Å². The minimum Gasteiger partial charge on any atom is -0.464 e. The van der Waals surface area contributed by atoms with Crippen molar-refractivity contribution in [1.82, 2.24) is 4.57 Å². The van der Waals surface area contributed by atoms with E-state index in [0.717, 1.165) is 18.5 Å². The average Bonchev–Trinajstić information content (AvgIpc) is 3.12. The van der Waals surface area contributed by atoms with E-state index in [0.29, 0.717) is 0 Å². The highest BCUT2D eigenvalue weighted by molar-refractivity contribution is 6.22. The first kappa shape index (κ1) is 11.2. The van der Waals surface area contributed by atoms with E-state index in [1.807, 2.05) is 6.08 Å². The van der Waals surface area contributed by atoms with Crippen LogP contribution in [-0.4, -0.2) is 4.57 Å². The summed E-state index contributed by atoms with van der Waals surface area (Å²) in [4.78, 5) is 0. The van der Waals surface area contributed by atoms with E-state index < -0.39 is 0 Å². The Morgan fingerprint density at radius 1 is 1.14 bits per heavy atom. The highest BCUT2D eigenvalue weighted by atomic mass is 16.3. The van der Waals surface area contributed by atoms with E-state index in [1.165, 1.54) is 44.7 Å². The largest absolute Gasteiger partial charge is 0.464 e. The smallest absolute Gasteiger partial charge is 0.142 e. The van der Waals surface area contributed by atoms with Gasteiger partial charge in [-0.25, -0.2) is 0 Å². The second-order valence-corrected chi connectivity index (χ2v) is 5.76. The molecule has 0 saturated heterocycles. The molecule has 0 amide bonds. The van der Waals surface area contributed by atoms with Gasteiger partial charge in [-0.2, -0.15) is 0 Å². The Kier molecular flexibility index (Phi) is 2.02. The van der Waals surface area contributed by atoms with Gasteiger partial charge in [-0.15, -0.1) is 0 Å². The van der Waals surface area contributed by atoms with Crippen molar-refractivity contribution in [3.8, 4) is 0 Å². The lowest BCUT2D eigenvalue weighted by Crippen LogP contribution is -2.08. The van der Waals surface area contributed by atoms with Crippen LogP contribution < -0.4 is 0 Å². The Balaban J connectivity index is 2.21. The Hall–Kier alpha value is -2.48. The molecule has 2 aromatic carbocycles. The Morgan fingerprint density at radius 3 is 2.95 bits per heavy atom. The quantitative estimate of drug-likeness (QED) is 0.470. The topological polar surface area (TPSA) is 18.1 Å². The Morgan fingerprint density at radius 2 is 2.05 bits per heavy atom. The second kappa shape index (κ2) is 3.79. The van der Waals surface area contributed by atoms with Gasteiger partial charge in [0.05, 0.1) is 11.8 Å². The van der Waals surface area contributed by atoms with Gasteiger partial charge in [-0.05, 0) is 30.5 Å². The molecule has 1 aliphatic rings. The first-order chi connectivity index (χ1) is 10.4. The zero-order valence-electron chi connectivity index (χ0n) is 11.7. The number of hydrogen-bond donors (Lipinski definition) is 0. The predicted molar refractivity (Wildman–Crippen MR) is 87.6 cm³/mol.